The molecule has 0 aliphatic heterocycles. The Balaban J connectivity index is 3.07. The molecule has 8 heteroatoms. The second kappa shape index (κ2) is 4.62. The molecule has 0 bridgehead atoms. The highest BCUT2D eigenvalue weighted by molar-refractivity contribution is 6.33. The van der Waals surface area contributed by atoms with Gasteiger partial charge in [0.2, 0.25) is 0 Å². The van der Waals surface area contributed by atoms with E-state index in [9.17, 15) is 13.2 Å². The molecule has 0 fully saturated rings. The summed E-state index contributed by atoms with van der Waals surface area (Å²) in [5.74, 6) is -0.423. The molecular weight excluding hydrogens is 228 g/mol. The number of methoxy groups -OCH3 is 1. The molecule has 88 valence electrons. The summed E-state index contributed by atoms with van der Waals surface area (Å²) in [6.45, 7) is 0. The van der Waals surface area contributed by atoms with Gasteiger partial charge < -0.3 is 19.4 Å². The van der Waals surface area contributed by atoms with Crippen LogP contribution in [0.15, 0.2) is 18.2 Å². The van der Waals surface area contributed by atoms with Crippen LogP contribution in [-0.2, 0) is 6.18 Å². The fourth-order valence-corrected chi connectivity index (χ4v) is 1.05. The first kappa shape index (κ1) is 12.7. The molecule has 0 spiro atoms. The molecule has 16 heavy (non-hydrogen) atoms. The minimum atomic E-state index is -4.50. The van der Waals surface area contributed by atoms with Crippen molar-refractivity contribution in [1.82, 2.24) is 0 Å². The summed E-state index contributed by atoms with van der Waals surface area (Å²) >= 11 is 0. The van der Waals surface area contributed by atoms with Gasteiger partial charge in [-0.25, -0.2) is 0 Å². The Morgan fingerprint density at radius 2 is 1.81 bits per heavy atom. The van der Waals surface area contributed by atoms with Crippen LogP contribution in [0.25, 0.3) is 0 Å². The lowest BCUT2D eigenvalue weighted by atomic mass is 10.1. The number of hydrogen-bond donors (Lipinski definition) is 2. The van der Waals surface area contributed by atoms with Gasteiger partial charge in [0.1, 0.15) is 5.75 Å². The Kier molecular flexibility index (Phi) is 3.66. The van der Waals surface area contributed by atoms with Crippen molar-refractivity contribution < 1.29 is 32.6 Å². The SMILES string of the molecule is COc1cc(C(F)(F)F)ccc1OB(O)O. The fourth-order valence-electron chi connectivity index (χ4n) is 1.05. The van der Waals surface area contributed by atoms with Crippen molar-refractivity contribution in [2.24, 2.45) is 0 Å². The standard InChI is InChI=1S/C8H8BF3O4/c1-15-7-4-5(8(10,11)12)2-3-6(7)16-9(13)14/h2-4,13-14H,1H3. The molecule has 1 aromatic carbocycles. The Bertz CT molecular complexity index is 367. The Labute approximate surface area is 89.4 Å². The average molecular weight is 236 g/mol. The molecule has 0 amide bonds. The second-order valence-electron chi connectivity index (χ2n) is 2.81. The van der Waals surface area contributed by atoms with Crippen molar-refractivity contribution in [2.75, 3.05) is 7.11 Å². The van der Waals surface area contributed by atoms with E-state index < -0.39 is 19.1 Å². The summed E-state index contributed by atoms with van der Waals surface area (Å²) < 4.78 is 46.0. The van der Waals surface area contributed by atoms with E-state index in [1.165, 1.54) is 0 Å². The van der Waals surface area contributed by atoms with Crippen molar-refractivity contribution >= 4 is 7.32 Å². The maximum Gasteiger partial charge on any atom is 0.707 e. The molecule has 0 unspecified atom stereocenters. The van der Waals surface area contributed by atoms with E-state index in [2.05, 4.69) is 9.39 Å². The van der Waals surface area contributed by atoms with Crippen molar-refractivity contribution in [2.45, 2.75) is 6.18 Å². The third-order valence-corrected chi connectivity index (χ3v) is 1.72. The van der Waals surface area contributed by atoms with E-state index in [-0.39, 0.29) is 11.5 Å². The van der Waals surface area contributed by atoms with Gasteiger partial charge in [0.25, 0.3) is 0 Å². The Morgan fingerprint density at radius 3 is 2.25 bits per heavy atom. The number of halogens is 3. The minimum Gasteiger partial charge on any atom is -0.509 e. The van der Waals surface area contributed by atoms with Gasteiger partial charge in [0, 0.05) is 0 Å². The first-order valence-corrected chi connectivity index (χ1v) is 4.12. The first-order chi connectivity index (χ1) is 7.34. The van der Waals surface area contributed by atoms with Crippen LogP contribution in [0.4, 0.5) is 13.2 Å². The van der Waals surface area contributed by atoms with Crippen LogP contribution in [0.2, 0.25) is 0 Å². The molecular formula is C8H8BF3O4. The number of alkyl halides is 3. The maximum atomic E-state index is 12.3. The third-order valence-electron chi connectivity index (χ3n) is 1.72. The predicted octanol–water partition coefficient (Wildman–Crippen LogP) is 1.06. The molecule has 0 aliphatic rings. The molecule has 2 N–H and O–H groups in total. The molecule has 0 saturated heterocycles. The predicted molar refractivity (Wildman–Crippen MR) is 48.8 cm³/mol. The topological polar surface area (TPSA) is 58.9 Å². The van der Waals surface area contributed by atoms with Gasteiger partial charge in [-0.1, -0.05) is 0 Å². The second-order valence-corrected chi connectivity index (χ2v) is 2.81. The monoisotopic (exact) mass is 236 g/mol. The molecule has 1 aromatic rings. The maximum absolute atomic E-state index is 12.3. The van der Waals surface area contributed by atoms with Crippen molar-refractivity contribution in [3.8, 4) is 11.5 Å². The fraction of sp³-hybridized carbons (Fsp3) is 0.250. The number of benzene rings is 1. The Hall–Kier alpha value is -1.41. The van der Waals surface area contributed by atoms with E-state index in [1.54, 1.807) is 0 Å². The highest BCUT2D eigenvalue weighted by Crippen LogP contribution is 2.36. The summed E-state index contributed by atoms with van der Waals surface area (Å²) in [6.07, 6.45) is -4.50. The van der Waals surface area contributed by atoms with Crippen LogP contribution in [0, 0.1) is 0 Å². The molecule has 0 atom stereocenters. The van der Waals surface area contributed by atoms with Crippen LogP contribution >= 0.6 is 0 Å². The lowest BCUT2D eigenvalue weighted by Crippen LogP contribution is -2.21. The molecule has 0 heterocycles. The van der Waals surface area contributed by atoms with Crippen LogP contribution < -0.4 is 9.39 Å². The molecule has 1 rings (SSSR count). The van der Waals surface area contributed by atoms with Crippen molar-refractivity contribution in [1.29, 1.82) is 0 Å². The summed E-state index contributed by atoms with van der Waals surface area (Å²) in [7, 11) is -0.975. The number of rotatable bonds is 3. The molecule has 4 nitrogen and oxygen atoms in total. The quantitative estimate of drug-likeness (QED) is 0.770. The van der Waals surface area contributed by atoms with Gasteiger partial charge in [-0.15, -0.1) is 0 Å². The van der Waals surface area contributed by atoms with E-state index in [0.29, 0.717) is 6.07 Å². The zero-order valence-electron chi connectivity index (χ0n) is 8.15. The average Bonchev–Trinajstić information content (AvgIpc) is 2.15. The van der Waals surface area contributed by atoms with Gasteiger partial charge >= 0.3 is 13.5 Å². The summed E-state index contributed by atoms with van der Waals surface area (Å²) in [4.78, 5) is 0. The highest BCUT2D eigenvalue weighted by Gasteiger charge is 2.31. The lowest BCUT2D eigenvalue weighted by molar-refractivity contribution is -0.137. The van der Waals surface area contributed by atoms with Gasteiger partial charge in [0.15, 0.2) is 5.75 Å². The first-order valence-electron chi connectivity index (χ1n) is 4.12. The molecule has 0 saturated carbocycles. The summed E-state index contributed by atoms with van der Waals surface area (Å²) in [5.41, 5.74) is -0.913. The largest absolute Gasteiger partial charge is 0.707 e. The van der Waals surface area contributed by atoms with Crippen LogP contribution in [0.3, 0.4) is 0 Å². The van der Waals surface area contributed by atoms with Crippen molar-refractivity contribution in [3.63, 3.8) is 0 Å². The summed E-state index contributed by atoms with van der Waals surface area (Å²) in [6, 6.07) is 2.40. The van der Waals surface area contributed by atoms with Gasteiger partial charge in [-0.05, 0) is 18.2 Å². The van der Waals surface area contributed by atoms with Crippen LogP contribution in [0.1, 0.15) is 5.56 Å². The van der Waals surface area contributed by atoms with Crippen molar-refractivity contribution in [3.05, 3.63) is 23.8 Å². The zero-order chi connectivity index (χ0) is 12.3. The smallest absolute Gasteiger partial charge is 0.509 e. The molecule has 0 radical (unpaired) electrons. The van der Waals surface area contributed by atoms with E-state index >= 15 is 0 Å². The molecule has 0 aromatic heterocycles. The van der Waals surface area contributed by atoms with Gasteiger partial charge in [-0.3, -0.25) is 0 Å². The van der Waals surface area contributed by atoms with Crippen LogP contribution in [-0.4, -0.2) is 24.5 Å². The number of hydrogen-bond acceptors (Lipinski definition) is 4. The normalized spacial score (nSPS) is 11.1. The number of ether oxygens (including phenoxy) is 1. The highest BCUT2D eigenvalue weighted by atomic mass is 19.4. The summed E-state index contributed by atoms with van der Waals surface area (Å²) in [5, 5.41) is 17.0. The Morgan fingerprint density at radius 1 is 1.19 bits per heavy atom. The van der Waals surface area contributed by atoms with Crippen LogP contribution in [0.5, 0.6) is 11.5 Å². The van der Waals surface area contributed by atoms with Gasteiger partial charge in [0.05, 0.1) is 12.7 Å². The van der Waals surface area contributed by atoms with Gasteiger partial charge in [-0.2, -0.15) is 13.2 Å². The van der Waals surface area contributed by atoms with E-state index in [1.807, 2.05) is 0 Å². The van der Waals surface area contributed by atoms with E-state index in [0.717, 1.165) is 19.2 Å². The lowest BCUT2D eigenvalue weighted by Gasteiger charge is -2.13. The third kappa shape index (κ3) is 3.04. The van der Waals surface area contributed by atoms with E-state index in [4.69, 9.17) is 10.0 Å². The molecule has 0 aliphatic carbocycles. The minimum absolute atomic E-state index is 0.189. The zero-order valence-corrected chi connectivity index (χ0v) is 8.15.